The SMILES string of the molecule is COc1c(Nc2c(-c3ccnc(N)n3)[nH]c3c2C(=O)NCC3)cccc1C(F)(F)F. The number of alkyl halides is 3. The molecule has 0 spiro atoms. The smallest absolute Gasteiger partial charge is 0.420 e. The molecule has 0 saturated heterocycles. The van der Waals surface area contributed by atoms with Crippen molar-refractivity contribution in [3.63, 3.8) is 0 Å². The zero-order valence-electron chi connectivity index (χ0n) is 15.7. The van der Waals surface area contributed by atoms with Crippen LogP contribution in [0.25, 0.3) is 11.4 Å². The fourth-order valence-corrected chi connectivity index (χ4v) is 3.42. The molecule has 0 radical (unpaired) electrons. The number of methoxy groups -OCH3 is 1. The molecular weight excluding hydrogens is 401 g/mol. The van der Waals surface area contributed by atoms with Crippen LogP contribution in [0.15, 0.2) is 30.5 Å². The van der Waals surface area contributed by atoms with Gasteiger partial charge in [-0.05, 0) is 18.2 Å². The van der Waals surface area contributed by atoms with Gasteiger partial charge in [-0.1, -0.05) is 6.07 Å². The summed E-state index contributed by atoms with van der Waals surface area (Å²) in [6.45, 7) is 0.435. The van der Waals surface area contributed by atoms with Gasteiger partial charge in [0.15, 0.2) is 5.75 Å². The van der Waals surface area contributed by atoms with E-state index < -0.39 is 11.7 Å². The molecule has 1 aliphatic heterocycles. The second kappa shape index (κ2) is 7.25. The quantitative estimate of drug-likeness (QED) is 0.517. The van der Waals surface area contributed by atoms with Crippen molar-refractivity contribution in [3.05, 3.63) is 47.3 Å². The summed E-state index contributed by atoms with van der Waals surface area (Å²) in [6, 6.07) is 5.21. The summed E-state index contributed by atoms with van der Waals surface area (Å²) in [5.74, 6) is -0.717. The Morgan fingerprint density at radius 2 is 2.07 bits per heavy atom. The van der Waals surface area contributed by atoms with Crippen molar-refractivity contribution in [3.8, 4) is 17.1 Å². The number of fused-ring (bicyclic) bond motifs is 1. The van der Waals surface area contributed by atoms with E-state index in [0.29, 0.717) is 35.6 Å². The Balaban J connectivity index is 1.90. The summed E-state index contributed by atoms with van der Waals surface area (Å²) < 4.78 is 45.3. The standard InChI is InChI=1S/C19H17F3N6O2/c1-30-16-9(19(20,21)22)3-2-4-12(16)27-15-13-10(5-7-24-17(13)29)26-14(15)11-6-8-25-18(23)28-11/h2-4,6,8,26-27H,5,7H2,1H3,(H,24,29)(H2,23,25,28). The monoisotopic (exact) mass is 418 g/mol. The zero-order valence-corrected chi connectivity index (χ0v) is 15.7. The van der Waals surface area contributed by atoms with Gasteiger partial charge in [-0.2, -0.15) is 13.2 Å². The number of carbonyl (C=O) groups is 1. The number of nitrogens with one attached hydrogen (secondary N) is 3. The molecule has 4 rings (SSSR count). The Morgan fingerprint density at radius 1 is 1.27 bits per heavy atom. The maximum atomic E-state index is 13.4. The Kier molecular flexibility index (Phi) is 4.72. The first-order valence-electron chi connectivity index (χ1n) is 8.92. The number of ether oxygens (including phenoxy) is 1. The van der Waals surface area contributed by atoms with Crippen LogP contribution in [-0.4, -0.2) is 34.5 Å². The molecule has 0 unspecified atom stereocenters. The van der Waals surface area contributed by atoms with Gasteiger partial charge in [0, 0.05) is 24.9 Å². The number of hydrogen-bond donors (Lipinski definition) is 4. The first kappa shape index (κ1) is 19.6. The number of anilines is 3. The number of carbonyl (C=O) groups excluding carboxylic acids is 1. The number of nitrogen functional groups attached to an aromatic ring is 1. The number of nitrogens with two attached hydrogens (primary N) is 1. The van der Waals surface area contributed by atoms with E-state index in [2.05, 4.69) is 25.6 Å². The molecule has 0 fully saturated rings. The summed E-state index contributed by atoms with van der Waals surface area (Å²) in [4.78, 5) is 23.7. The molecule has 0 aliphatic carbocycles. The number of aromatic amines is 1. The van der Waals surface area contributed by atoms with Crippen molar-refractivity contribution in [2.24, 2.45) is 0 Å². The van der Waals surface area contributed by atoms with Crippen LogP contribution in [0.5, 0.6) is 5.75 Å². The second-order valence-electron chi connectivity index (χ2n) is 6.54. The van der Waals surface area contributed by atoms with Gasteiger partial charge in [0.1, 0.15) is 0 Å². The Labute approximate surface area is 168 Å². The number of aromatic nitrogens is 3. The molecule has 1 aromatic carbocycles. The third-order valence-electron chi connectivity index (χ3n) is 4.68. The van der Waals surface area contributed by atoms with E-state index in [0.717, 1.165) is 13.2 Å². The van der Waals surface area contributed by atoms with Gasteiger partial charge >= 0.3 is 6.18 Å². The summed E-state index contributed by atoms with van der Waals surface area (Å²) in [7, 11) is 1.15. The highest BCUT2D eigenvalue weighted by molar-refractivity contribution is 6.06. The van der Waals surface area contributed by atoms with Gasteiger partial charge in [-0.3, -0.25) is 4.79 Å². The number of para-hydroxylation sites is 1. The minimum absolute atomic E-state index is 0.0205. The third kappa shape index (κ3) is 3.38. The minimum Gasteiger partial charge on any atom is -0.494 e. The number of H-pyrrole nitrogens is 1. The Bertz CT molecular complexity index is 1130. The lowest BCUT2D eigenvalue weighted by atomic mass is 10.1. The highest BCUT2D eigenvalue weighted by Crippen LogP contribution is 2.43. The summed E-state index contributed by atoms with van der Waals surface area (Å²) in [5.41, 5.74) is 6.81. The molecule has 1 amide bonds. The van der Waals surface area contributed by atoms with E-state index in [-0.39, 0.29) is 29.0 Å². The van der Waals surface area contributed by atoms with E-state index in [1.807, 2.05) is 0 Å². The number of rotatable bonds is 4. The van der Waals surface area contributed by atoms with E-state index in [1.54, 1.807) is 6.07 Å². The minimum atomic E-state index is -4.61. The molecule has 0 bridgehead atoms. The molecule has 156 valence electrons. The van der Waals surface area contributed by atoms with Gasteiger partial charge < -0.3 is 26.1 Å². The van der Waals surface area contributed by atoms with E-state index in [9.17, 15) is 18.0 Å². The van der Waals surface area contributed by atoms with Crippen LogP contribution >= 0.6 is 0 Å². The van der Waals surface area contributed by atoms with Crippen molar-refractivity contribution < 1.29 is 22.7 Å². The Morgan fingerprint density at radius 3 is 2.77 bits per heavy atom. The number of benzene rings is 1. The summed E-state index contributed by atoms with van der Waals surface area (Å²) >= 11 is 0. The van der Waals surface area contributed by atoms with Gasteiger partial charge in [0.2, 0.25) is 5.95 Å². The average molecular weight is 418 g/mol. The van der Waals surface area contributed by atoms with Crippen LogP contribution in [0.3, 0.4) is 0 Å². The lowest BCUT2D eigenvalue weighted by Gasteiger charge is -2.18. The normalized spacial score (nSPS) is 13.5. The number of halogens is 3. The van der Waals surface area contributed by atoms with Crippen LogP contribution in [0.4, 0.5) is 30.5 Å². The van der Waals surface area contributed by atoms with Crippen LogP contribution in [0.2, 0.25) is 0 Å². The maximum Gasteiger partial charge on any atom is 0.420 e. The van der Waals surface area contributed by atoms with Crippen molar-refractivity contribution >= 4 is 23.2 Å². The molecule has 5 N–H and O–H groups in total. The second-order valence-corrected chi connectivity index (χ2v) is 6.54. The van der Waals surface area contributed by atoms with Gasteiger partial charge in [0.05, 0.1) is 41.0 Å². The first-order chi connectivity index (χ1) is 14.3. The highest BCUT2D eigenvalue weighted by Gasteiger charge is 2.36. The zero-order chi connectivity index (χ0) is 21.5. The van der Waals surface area contributed by atoms with Crippen molar-refractivity contribution in [1.82, 2.24) is 20.3 Å². The number of amides is 1. The fraction of sp³-hybridized carbons (Fsp3) is 0.211. The van der Waals surface area contributed by atoms with E-state index in [4.69, 9.17) is 10.5 Å². The van der Waals surface area contributed by atoms with Crippen molar-refractivity contribution in [2.75, 3.05) is 24.7 Å². The summed E-state index contributed by atoms with van der Waals surface area (Å²) in [5, 5.41) is 5.68. The molecule has 1 aliphatic rings. The molecule has 11 heteroatoms. The van der Waals surface area contributed by atoms with E-state index in [1.165, 1.54) is 18.3 Å². The lowest BCUT2D eigenvalue weighted by Crippen LogP contribution is -2.31. The Hall–Kier alpha value is -3.76. The number of hydrogen-bond acceptors (Lipinski definition) is 6. The molecule has 3 heterocycles. The van der Waals surface area contributed by atoms with Crippen molar-refractivity contribution in [2.45, 2.75) is 12.6 Å². The maximum absolute atomic E-state index is 13.4. The first-order valence-corrected chi connectivity index (χ1v) is 8.92. The number of nitrogens with zero attached hydrogens (tertiary/aromatic N) is 2. The molecule has 2 aromatic heterocycles. The molecule has 0 saturated carbocycles. The average Bonchev–Trinajstić information content (AvgIpc) is 3.07. The van der Waals surface area contributed by atoms with Crippen LogP contribution in [0, 0.1) is 0 Å². The van der Waals surface area contributed by atoms with Gasteiger partial charge in [-0.15, -0.1) is 0 Å². The predicted molar refractivity (Wildman–Crippen MR) is 104 cm³/mol. The fourth-order valence-electron chi connectivity index (χ4n) is 3.42. The highest BCUT2D eigenvalue weighted by atomic mass is 19.4. The van der Waals surface area contributed by atoms with Crippen LogP contribution < -0.4 is 21.1 Å². The van der Waals surface area contributed by atoms with Gasteiger partial charge in [0.25, 0.3) is 5.91 Å². The molecular formula is C19H17F3N6O2. The lowest BCUT2D eigenvalue weighted by molar-refractivity contribution is -0.138. The molecule has 3 aromatic rings. The molecule has 0 atom stereocenters. The summed E-state index contributed by atoms with van der Waals surface area (Å²) in [6.07, 6.45) is -2.63. The third-order valence-corrected chi connectivity index (χ3v) is 4.68. The molecule has 8 nitrogen and oxygen atoms in total. The van der Waals surface area contributed by atoms with Gasteiger partial charge in [-0.25, -0.2) is 9.97 Å². The largest absolute Gasteiger partial charge is 0.494 e. The van der Waals surface area contributed by atoms with Crippen molar-refractivity contribution in [1.29, 1.82) is 0 Å². The molecule has 30 heavy (non-hydrogen) atoms. The topological polar surface area (TPSA) is 118 Å². The van der Waals surface area contributed by atoms with Crippen LogP contribution in [0.1, 0.15) is 21.6 Å². The van der Waals surface area contributed by atoms with Crippen LogP contribution in [-0.2, 0) is 12.6 Å². The van der Waals surface area contributed by atoms with E-state index >= 15 is 0 Å². The predicted octanol–water partition coefficient (Wildman–Crippen LogP) is 3.11.